The smallest absolute Gasteiger partial charge is 0.326 e. The molecular formula is C24H32FNO4. The zero-order valence-electron chi connectivity index (χ0n) is 18.0. The molecule has 6 heteroatoms. The monoisotopic (exact) mass is 417 g/mol. The molecule has 2 saturated carbocycles. The molecule has 3 aliphatic rings. The number of aliphatic carboxylic acids is 1. The number of nitrogens with zero attached hydrogens (tertiary/aromatic N) is 1. The molecule has 0 bridgehead atoms. The minimum absolute atomic E-state index is 0.0307. The summed E-state index contributed by atoms with van der Waals surface area (Å²) in [5.74, 6) is -0.853. The molecule has 1 heterocycles. The number of likely N-dealkylation sites (tertiary alicyclic amines) is 1. The number of amides is 1. The molecule has 0 aromatic heterocycles. The van der Waals surface area contributed by atoms with Gasteiger partial charge in [0.1, 0.15) is 17.6 Å². The van der Waals surface area contributed by atoms with Crippen LogP contribution in [0.25, 0.3) is 0 Å². The van der Waals surface area contributed by atoms with Gasteiger partial charge in [0.15, 0.2) is 0 Å². The summed E-state index contributed by atoms with van der Waals surface area (Å²) in [6.07, 6.45) is 7.66. The molecule has 1 amide bonds. The molecule has 1 aromatic carbocycles. The molecule has 3 fully saturated rings. The molecule has 1 aromatic rings. The number of carboxylic acids is 1. The van der Waals surface area contributed by atoms with E-state index in [1.807, 2.05) is 0 Å². The van der Waals surface area contributed by atoms with Crippen LogP contribution in [-0.2, 0) is 4.79 Å². The second kappa shape index (κ2) is 8.20. The molecule has 4 rings (SSSR count). The first kappa shape index (κ1) is 21.1. The molecule has 0 spiro atoms. The number of carboxylic acid groups (broad SMARTS) is 1. The Labute approximate surface area is 177 Å². The van der Waals surface area contributed by atoms with Gasteiger partial charge in [0.25, 0.3) is 5.91 Å². The summed E-state index contributed by atoms with van der Waals surface area (Å²) >= 11 is 0. The average molecular weight is 418 g/mol. The number of hydrogen-bond donors (Lipinski definition) is 1. The number of carbonyl (C=O) groups is 2. The molecule has 1 aliphatic heterocycles. The van der Waals surface area contributed by atoms with Crippen molar-refractivity contribution in [3.8, 4) is 5.75 Å². The number of hydrogen-bond acceptors (Lipinski definition) is 3. The summed E-state index contributed by atoms with van der Waals surface area (Å²) < 4.78 is 21.0. The maximum Gasteiger partial charge on any atom is 0.326 e. The van der Waals surface area contributed by atoms with Crippen LogP contribution in [0.4, 0.5) is 4.39 Å². The van der Waals surface area contributed by atoms with Crippen molar-refractivity contribution in [3.63, 3.8) is 0 Å². The van der Waals surface area contributed by atoms with Gasteiger partial charge in [-0.3, -0.25) is 4.79 Å². The molecule has 30 heavy (non-hydrogen) atoms. The lowest BCUT2D eigenvalue weighted by molar-refractivity contribution is -0.141. The van der Waals surface area contributed by atoms with Crippen LogP contribution < -0.4 is 4.74 Å². The molecule has 1 unspecified atom stereocenters. The third-order valence-corrected chi connectivity index (χ3v) is 7.08. The minimum atomic E-state index is -1.03. The van der Waals surface area contributed by atoms with E-state index in [-0.39, 0.29) is 5.56 Å². The van der Waals surface area contributed by atoms with E-state index in [1.54, 1.807) is 6.07 Å². The Morgan fingerprint density at radius 3 is 2.50 bits per heavy atom. The van der Waals surface area contributed by atoms with Crippen molar-refractivity contribution in [1.82, 2.24) is 4.90 Å². The highest BCUT2D eigenvalue weighted by atomic mass is 19.1. The summed E-state index contributed by atoms with van der Waals surface area (Å²) in [7, 11) is 0. The van der Waals surface area contributed by atoms with Gasteiger partial charge in [0, 0.05) is 12.6 Å². The van der Waals surface area contributed by atoms with Gasteiger partial charge in [0.2, 0.25) is 0 Å². The number of benzene rings is 1. The van der Waals surface area contributed by atoms with E-state index in [9.17, 15) is 19.1 Å². The number of rotatable bonds is 6. The molecule has 5 nitrogen and oxygen atoms in total. The van der Waals surface area contributed by atoms with Crippen molar-refractivity contribution >= 4 is 11.9 Å². The number of carbonyl (C=O) groups excluding carboxylic acids is 1. The summed E-state index contributed by atoms with van der Waals surface area (Å²) in [5.41, 5.74) is 1.26. The quantitative estimate of drug-likeness (QED) is 0.708. The third kappa shape index (κ3) is 4.47. The number of halogens is 1. The van der Waals surface area contributed by atoms with Gasteiger partial charge in [-0.05, 0) is 80.2 Å². The normalized spacial score (nSPS) is 24.1. The van der Waals surface area contributed by atoms with Gasteiger partial charge in [0.05, 0.1) is 12.2 Å². The van der Waals surface area contributed by atoms with E-state index in [0.717, 1.165) is 31.2 Å². The van der Waals surface area contributed by atoms with Crippen LogP contribution in [-0.4, -0.2) is 41.1 Å². The Morgan fingerprint density at radius 2 is 1.87 bits per heavy atom. The van der Waals surface area contributed by atoms with E-state index in [2.05, 4.69) is 13.8 Å². The van der Waals surface area contributed by atoms with Crippen LogP contribution in [0.2, 0.25) is 0 Å². The van der Waals surface area contributed by atoms with E-state index >= 15 is 0 Å². The van der Waals surface area contributed by atoms with Crippen LogP contribution in [0.15, 0.2) is 12.1 Å². The maximum absolute atomic E-state index is 14.9. The van der Waals surface area contributed by atoms with Crippen LogP contribution >= 0.6 is 0 Å². The van der Waals surface area contributed by atoms with Crippen LogP contribution in [0.5, 0.6) is 5.75 Å². The largest absolute Gasteiger partial charge is 0.493 e. The number of ether oxygens (including phenoxy) is 1. The van der Waals surface area contributed by atoms with Gasteiger partial charge in [-0.25, -0.2) is 9.18 Å². The second-order valence-corrected chi connectivity index (χ2v) is 10.1. The fourth-order valence-corrected chi connectivity index (χ4v) is 4.83. The lowest BCUT2D eigenvalue weighted by Crippen LogP contribution is -2.40. The highest BCUT2D eigenvalue weighted by Gasteiger charge is 2.37. The lowest BCUT2D eigenvalue weighted by atomic mass is 9.73. The van der Waals surface area contributed by atoms with E-state index in [4.69, 9.17) is 4.74 Å². The van der Waals surface area contributed by atoms with Crippen molar-refractivity contribution in [2.75, 3.05) is 13.2 Å². The molecule has 2 aliphatic carbocycles. The van der Waals surface area contributed by atoms with Crippen molar-refractivity contribution in [3.05, 3.63) is 29.1 Å². The van der Waals surface area contributed by atoms with Gasteiger partial charge in [-0.15, -0.1) is 0 Å². The molecule has 1 N–H and O–H groups in total. The zero-order valence-corrected chi connectivity index (χ0v) is 18.0. The first-order valence-electron chi connectivity index (χ1n) is 11.3. The van der Waals surface area contributed by atoms with Crippen molar-refractivity contribution < 1.29 is 23.8 Å². The molecule has 1 saturated heterocycles. The molecule has 0 radical (unpaired) electrons. The predicted octanol–water partition coefficient (Wildman–Crippen LogP) is 4.99. The Bertz CT molecular complexity index is 823. The first-order chi connectivity index (χ1) is 14.2. The summed E-state index contributed by atoms with van der Waals surface area (Å²) in [5, 5.41) is 9.36. The Kier molecular flexibility index (Phi) is 5.78. The van der Waals surface area contributed by atoms with Crippen LogP contribution in [0.3, 0.4) is 0 Å². The van der Waals surface area contributed by atoms with Crippen molar-refractivity contribution in [2.45, 2.75) is 77.2 Å². The highest BCUT2D eigenvalue weighted by Crippen LogP contribution is 2.46. The highest BCUT2D eigenvalue weighted by molar-refractivity contribution is 5.97. The van der Waals surface area contributed by atoms with Gasteiger partial charge >= 0.3 is 5.97 Å². The maximum atomic E-state index is 14.9. The fraction of sp³-hybridized carbons (Fsp3) is 0.667. The average Bonchev–Trinajstić information content (AvgIpc) is 3.41. The Balaban J connectivity index is 1.50. The summed E-state index contributed by atoms with van der Waals surface area (Å²) in [6.45, 7) is 5.53. The molecule has 164 valence electrons. The van der Waals surface area contributed by atoms with E-state index in [0.29, 0.717) is 49.0 Å². The third-order valence-electron chi connectivity index (χ3n) is 7.08. The summed E-state index contributed by atoms with van der Waals surface area (Å²) in [4.78, 5) is 25.7. The van der Waals surface area contributed by atoms with Crippen molar-refractivity contribution in [2.24, 2.45) is 11.3 Å². The van der Waals surface area contributed by atoms with Crippen LogP contribution in [0.1, 0.15) is 87.1 Å². The standard InChI is InChI=1S/C24H32FNO4/c1-24(2)9-7-15(8-10-24)14-30-21-13-19(25)18(12-17(21)16-5-6-16)22(27)26-11-3-4-20(26)23(28)29/h12-13,15-16,20H,3-11,14H2,1-2H3,(H,28,29). The van der Waals surface area contributed by atoms with E-state index in [1.165, 1.54) is 23.8 Å². The second-order valence-electron chi connectivity index (χ2n) is 10.1. The van der Waals surface area contributed by atoms with Gasteiger partial charge < -0.3 is 14.7 Å². The minimum Gasteiger partial charge on any atom is -0.493 e. The molecular weight excluding hydrogens is 385 g/mol. The SMILES string of the molecule is CC1(C)CCC(COc2cc(F)c(C(=O)N3CCCC3C(=O)O)cc2C2CC2)CC1. The Morgan fingerprint density at radius 1 is 1.17 bits per heavy atom. The Hall–Kier alpha value is -2.11. The van der Waals surface area contributed by atoms with E-state index < -0.39 is 23.7 Å². The fourth-order valence-electron chi connectivity index (χ4n) is 4.83. The first-order valence-corrected chi connectivity index (χ1v) is 11.3. The molecule has 1 atom stereocenters. The summed E-state index contributed by atoms with van der Waals surface area (Å²) in [6, 6.07) is 2.10. The van der Waals surface area contributed by atoms with Gasteiger partial charge in [-0.2, -0.15) is 0 Å². The predicted molar refractivity (Wildman–Crippen MR) is 111 cm³/mol. The topological polar surface area (TPSA) is 66.8 Å². The lowest BCUT2D eigenvalue weighted by Gasteiger charge is -2.34. The van der Waals surface area contributed by atoms with Gasteiger partial charge in [-0.1, -0.05) is 13.8 Å². The van der Waals surface area contributed by atoms with Crippen molar-refractivity contribution in [1.29, 1.82) is 0 Å². The van der Waals surface area contributed by atoms with Crippen LogP contribution in [0, 0.1) is 17.2 Å². The zero-order chi connectivity index (χ0) is 21.5.